The number of urea groups is 1. The highest BCUT2D eigenvalue weighted by Crippen LogP contribution is 2.35. The average molecular weight is 315 g/mol. The topological polar surface area (TPSA) is 64.1 Å². The first-order valence-electron chi connectivity index (χ1n) is 7.52. The maximum atomic E-state index is 12.8. The second-order valence-corrected chi connectivity index (χ2v) is 7.31. The van der Waals surface area contributed by atoms with Crippen LogP contribution in [0.5, 0.6) is 0 Å². The Balaban J connectivity index is 2.14. The molecule has 2 aliphatic rings. The van der Waals surface area contributed by atoms with Gasteiger partial charge in [-0.1, -0.05) is 13.8 Å². The van der Waals surface area contributed by atoms with E-state index < -0.39 is 12.0 Å². The zero-order chi connectivity index (χ0) is 15.6. The lowest BCUT2D eigenvalue weighted by Crippen LogP contribution is -2.53. The number of thioether (sulfide) groups is 1. The van der Waals surface area contributed by atoms with Crippen molar-refractivity contribution in [3.05, 3.63) is 0 Å². The molecule has 0 saturated carbocycles. The fourth-order valence-corrected chi connectivity index (χ4v) is 4.34. The number of hydrogen-bond acceptors (Lipinski definition) is 4. The molecule has 0 aromatic rings. The second kappa shape index (κ2) is 6.87. The molecule has 2 fully saturated rings. The summed E-state index contributed by atoms with van der Waals surface area (Å²) in [5.41, 5.74) is 0. The number of rotatable bonds is 2. The molecule has 2 saturated heterocycles. The molecule has 21 heavy (non-hydrogen) atoms. The molecule has 7 heteroatoms. The fraction of sp³-hybridized carbons (Fsp3) is 0.857. The lowest BCUT2D eigenvalue weighted by atomic mass is 10.1. The fourth-order valence-electron chi connectivity index (χ4n) is 2.87. The van der Waals surface area contributed by atoms with E-state index in [-0.39, 0.29) is 17.3 Å². The molecule has 120 valence electrons. The first-order chi connectivity index (χ1) is 9.91. The molecule has 6 nitrogen and oxygen atoms in total. The van der Waals surface area contributed by atoms with E-state index in [1.807, 2.05) is 18.7 Å². The van der Waals surface area contributed by atoms with Gasteiger partial charge >= 0.3 is 12.0 Å². The number of carbonyl (C=O) groups is 2. The van der Waals surface area contributed by atoms with E-state index in [0.29, 0.717) is 18.8 Å². The summed E-state index contributed by atoms with van der Waals surface area (Å²) in [7, 11) is 2.05. The molecule has 0 aliphatic carbocycles. The van der Waals surface area contributed by atoms with Gasteiger partial charge in [0.05, 0.1) is 5.37 Å². The van der Waals surface area contributed by atoms with Crippen molar-refractivity contribution >= 4 is 23.8 Å². The molecule has 0 radical (unpaired) electrons. The first-order valence-corrected chi connectivity index (χ1v) is 8.57. The summed E-state index contributed by atoms with van der Waals surface area (Å²) in [4.78, 5) is 29.9. The Kier molecular flexibility index (Phi) is 5.37. The van der Waals surface area contributed by atoms with Crippen LogP contribution in [-0.4, -0.2) is 82.2 Å². The van der Waals surface area contributed by atoms with Crippen LogP contribution in [0.4, 0.5) is 4.79 Å². The van der Waals surface area contributed by atoms with Gasteiger partial charge in [0.25, 0.3) is 0 Å². The van der Waals surface area contributed by atoms with E-state index >= 15 is 0 Å². The summed E-state index contributed by atoms with van der Waals surface area (Å²) in [6.07, 6.45) is 0.938. The number of nitrogens with zero attached hydrogens (tertiary/aromatic N) is 3. The van der Waals surface area contributed by atoms with Gasteiger partial charge in [-0.15, -0.1) is 11.8 Å². The van der Waals surface area contributed by atoms with E-state index in [9.17, 15) is 14.7 Å². The zero-order valence-electron chi connectivity index (χ0n) is 13.0. The van der Waals surface area contributed by atoms with Gasteiger partial charge in [0.1, 0.15) is 6.04 Å². The van der Waals surface area contributed by atoms with Crippen LogP contribution in [0.2, 0.25) is 0 Å². The Bertz CT molecular complexity index is 405. The third-order valence-corrected chi connectivity index (χ3v) is 5.72. The molecule has 2 heterocycles. The predicted octanol–water partition coefficient (Wildman–Crippen LogP) is 1.23. The minimum atomic E-state index is -0.897. The van der Waals surface area contributed by atoms with Crippen molar-refractivity contribution in [2.45, 2.75) is 31.7 Å². The van der Waals surface area contributed by atoms with Gasteiger partial charge in [0.15, 0.2) is 0 Å². The zero-order valence-corrected chi connectivity index (χ0v) is 13.8. The second-order valence-electron chi connectivity index (χ2n) is 6.16. The Morgan fingerprint density at radius 2 is 1.90 bits per heavy atom. The van der Waals surface area contributed by atoms with Gasteiger partial charge in [0.2, 0.25) is 0 Å². The minimum Gasteiger partial charge on any atom is -0.480 e. The average Bonchev–Trinajstić information content (AvgIpc) is 2.76. The molecular weight excluding hydrogens is 290 g/mol. The molecule has 1 N–H and O–H groups in total. The van der Waals surface area contributed by atoms with Crippen LogP contribution in [-0.2, 0) is 4.79 Å². The summed E-state index contributed by atoms with van der Waals surface area (Å²) in [6.45, 7) is 7.29. The summed E-state index contributed by atoms with van der Waals surface area (Å²) in [6, 6.07) is -0.808. The highest BCUT2D eigenvalue weighted by atomic mass is 32.2. The van der Waals surface area contributed by atoms with Crippen LogP contribution in [0.25, 0.3) is 0 Å². The predicted molar refractivity (Wildman–Crippen MR) is 83.4 cm³/mol. The number of amides is 2. The van der Waals surface area contributed by atoms with Gasteiger partial charge in [-0.05, 0) is 25.9 Å². The minimum absolute atomic E-state index is 0.0421. The highest BCUT2D eigenvalue weighted by Gasteiger charge is 2.44. The van der Waals surface area contributed by atoms with Crippen LogP contribution in [0.1, 0.15) is 20.3 Å². The van der Waals surface area contributed by atoms with Crippen molar-refractivity contribution in [1.29, 1.82) is 0 Å². The van der Waals surface area contributed by atoms with Gasteiger partial charge in [-0.2, -0.15) is 0 Å². The summed E-state index contributed by atoms with van der Waals surface area (Å²) in [5.74, 6) is -0.165. The lowest BCUT2D eigenvalue weighted by Gasteiger charge is -2.34. The van der Waals surface area contributed by atoms with E-state index in [1.165, 1.54) is 0 Å². The van der Waals surface area contributed by atoms with E-state index in [4.69, 9.17) is 0 Å². The maximum Gasteiger partial charge on any atom is 0.327 e. The van der Waals surface area contributed by atoms with E-state index in [0.717, 1.165) is 19.5 Å². The monoisotopic (exact) mass is 315 g/mol. The van der Waals surface area contributed by atoms with Gasteiger partial charge in [-0.25, -0.2) is 9.59 Å². The SMILES string of the molecule is CC(C)C1SCC(C(=O)O)N1C(=O)N1CCCN(C)CC1. The van der Waals surface area contributed by atoms with Crippen LogP contribution in [0.15, 0.2) is 0 Å². The third-order valence-electron chi connectivity index (χ3n) is 4.10. The number of carboxylic acids is 1. The molecule has 0 spiro atoms. The highest BCUT2D eigenvalue weighted by molar-refractivity contribution is 8.00. The molecule has 0 aromatic heterocycles. The van der Waals surface area contributed by atoms with Crippen LogP contribution in [0.3, 0.4) is 0 Å². The molecule has 0 aromatic carbocycles. The maximum absolute atomic E-state index is 12.8. The van der Waals surface area contributed by atoms with Gasteiger partial charge < -0.3 is 14.9 Å². The van der Waals surface area contributed by atoms with Crippen molar-refractivity contribution in [2.75, 3.05) is 39.0 Å². The molecular formula is C14H25N3O3S. The van der Waals surface area contributed by atoms with Crippen LogP contribution in [0, 0.1) is 5.92 Å². The molecule has 2 atom stereocenters. The van der Waals surface area contributed by atoms with Crippen molar-refractivity contribution in [3.63, 3.8) is 0 Å². The molecule has 2 aliphatic heterocycles. The number of likely N-dealkylation sites (N-methyl/N-ethyl adjacent to an activating group) is 1. The van der Waals surface area contributed by atoms with Crippen LogP contribution >= 0.6 is 11.8 Å². The number of aliphatic carboxylic acids is 1. The van der Waals surface area contributed by atoms with Gasteiger partial charge in [-0.3, -0.25) is 4.90 Å². The molecule has 2 amide bonds. The van der Waals surface area contributed by atoms with Crippen molar-refractivity contribution in [1.82, 2.24) is 14.7 Å². The number of carboxylic acid groups (broad SMARTS) is 1. The smallest absolute Gasteiger partial charge is 0.327 e. The molecule has 2 unspecified atom stereocenters. The molecule has 0 bridgehead atoms. The number of carbonyl (C=O) groups excluding carboxylic acids is 1. The lowest BCUT2D eigenvalue weighted by molar-refractivity contribution is -0.141. The largest absolute Gasteiger partial charge is 0.480 e. The Morgan fingerprint density at radius 3 is 2.52 bits per heavy atom. The Morgan fingerprint density at radius 1 is 1.19 bits per heavy atom. The first kappa shape index (κ1) is 16.4. The Hall–Kier alpha value is -0.950. The Labute approximate surface area is 130 Å². The summed E-state index contributed by atoms with van der Waals surface area (Å²) >= 11 is 1.58. The van der Waals surface area contributed by atoms with Gasteiger partial charge in [0, 0.05) is 25.4 Å². The quantitative estimate of drug-likeness (QED) is 0.830. The van der Waals surface area contributed by atoms with Crippen molar-refractivity contribution in [2.24, 2.45) is 5.92 Å². The van der Waals surface area contributed by atoms with Crippen LogP contribution < -0.4 is 0 Å². The summed E-state index contributed by atoms with van der Waals surface area (Å²) < 4.78 is 0. The normalized spacial score (nSPS) is 28.0. The molecule has 2 rings (SSSR count). The number of hydrogen-bond donors (Lipinski definition) is 1. The standard InChI is InChI=1S/C14H25N3O3S/c1-10(2)12-17(11(9-21-12)13(18)19)14(20)16-6-4-5-15(3)7-8-16/h10-12H,4-9H2,1-3H3,(H,18,19). The van der Waals surface area contributed by atoms with E-state index in [2.05, 4.69) is 11.9 Å². The third kappa shape index (κ3) is 3.63. The van der Waals surface area contributed by atoms with E-state index in [1.54, 1.807) is 16.7 Å². The summed E-state index contributed by atoms with van der Waals surface area (Å²) in [5, 5.41) is 9.35. The van der Waals surface area contributed by atoms with Crippen molar-refractivity contribution < 1.29 is 14.7 Å². The van der Waals surface area contributed by atoms with Crippen molar-refractivity contribution in [3.8, 4) is 0 Å².